The average Bonchev–Trinajstić information content (AvgIpc) is 1.69. The van der Waals surface area contributed by atoms with Crippen LogP contribution in [0.15, 0.2) is 12.3 Å². The van der Waals surface area contributed by atoms with Gasteiger partial charge in [0.15, 0.2) is 0 Å². The average molecular weight is 98.1 g/mol. The number of hydrogen-bond acceptors (Lipinski definition) is 2. The molecule has 1 aliphatic heterocycles. The maximum atomic E-state index is 5.51. The van der Waals surface area contributed by atoms with Crippen molar-refractivity contribution in [2.45, 2.75) is 12.5 Å². The van der Waals surface area contributed by atoms with Gasteiger partial charge in [-0.15, -0.1) is 0 Å². The van der Waals surface area contributed by atoms with E-state index < -0.39 is 0 Å². The summed E-state index contributed by atoms with van der Waals surface area (Å²) in [5.41, 5.74) is 5.51. The van der Waals surface area contributed by atoms with E-state index in [2.05, 4.69) is 5.32 Å². The zero-order valence-corrected chi connectivity index (χ0v) is 4.22. The molecule has 0 aromatic carbocycles. The normalized spacial score (nSPS) is 29.6. The van der Waals surface area contributed by atoms with Gasteiger partial charge in [-0.05, 0) is 12.6 Å². The highest BCUT2D eigenvalue weighted by Crippen LogP contribution is 1.91. The number of rotatable bonds is 0. The first-order chi connectivity index (χ1) is 3.39. The van der Waals surface area contributed by atoms with Gasteiger partial charge in [-0.25, -0.2) is 0 Å². The van der Waals surface area contributed by atoms with E-state index in [1.807, 2.05) is 12.3 Å². The Morgan fingerprint density at radius 1 is 1.71 bits per heavy atom. The molecule has 3 N–H and O–H groups in total. The van der Waals surface area contributed by atoms with Gasteiger partial charge in [0, 0.05) is 12.6 Å². The van der Waals surface area contributed by atoms with Crippen LogP contribution in [0, 0.1) is 0 Å². The topological polar surface area (TPSA) is 38.0 Å². The van der Waals surface area contributed by atoms with Gasteiger partial charge < -0.3 is 11.1 Å². The number of hydrogen-bond donors (Lipinski definition) is 2. The van der Waals surface area contributed by atoms with E-state index in [0.717, 1.165) is 13.0 Å². The van der Waals surface area contributed by atoms with Crippen molar-refractivity contribution >= 4 is 0 Å². The molecule has 0 amide bonds. The van der Waals surface area contributed by atoms with Crippen LogP contribution in [0.25, 0.3) is 0 Å². The maximum absolute atomic E-state index is 5.51. The monoisotopic (exact) mass is 98.1 g/mol. The third kappa shape index (κ3) is 1.20. The second-order valence-corrected chi connectivity index (χ2v) is 1.77. The van der Waals surface area contributed by atoms with Gasteiger partial charge in [-0.2, -0.15) is 0 Å². The molecule has 40 valence electrons. The van der Waals surface area contributed by atoms with E-state index in [1.165, 1.54) is 0 Å². The van der Waals surface area contributed by atoms with Gasteiger partial charge in [0.05, 0.1) is 0 Å². The third-order valence-corrected chi connectivity index (χ3v) is 1.08. The summed E-state index contributed by atoms with van der Waals surface area (Å²) in [6, 6.07) is 0.293. The molecule has 2 nitrogen and oxygen atoms in total. The minimum atomic E-state index is 0.293. The molecule has 0 saturated carbocycles. The summed E-state index contributed by atoms with van der Waals surface area (Å²) in [7, 11) is 0. The molecule has 0 aromatic heterocycles. The van der Waals surface area contributed by atoms with E-state index in [0.29, 0.717) is 6.04 Å². The first-order valence-electron chi connectivity index (χ1n) is 2.55. The summed E-state index contributed by atoms with van der Waals surface area (Å²) in [6.45, 7) is 1.03. The van der Waals surface area contributed by atoms with E-state index in [1.54, 1.807) is 0 Å². The minimum Gasteiger partial charge on any atom is -0.391 e. The van der Waals surface area contributed by atoms with Crippen LogP contribution in [0.4, 0.5) is 0 Å². The molecule has 0 bridgehead atoms. The van der Waals surface area contributed by atoms with E-state index in [4.69, 9.17) is 5.73 Å². The fraction of sp³-hybridized carbons (Fsp3) is 0.600. The summed E-state index contributed by atoms with van der Waals surface area (Å²) in [5.74, 6) is 0. The molecule has 0 radical (unpaired) electrons. The van der Waals surface area contributed by atoms with Gasteiger partial charge in [0.1, 0.15) is 0 Å². The summed E-state index contributed by atoms with van der Waals surface area (Å²) in [5, 5.41) is 3.05. The zero-order chi connectivity index (χ0) is 5.11. The first-order valence-corrected chi connectivity index (χ1v) is 2.55. The Kier molecular flexibility index (Phi) is 1.32. The van der Waals surface area contributed by atoms with E-state index in [9.17, 15) is 0 Å². The minimum absolute atomic E-state index is 0.293. The Labute approximate surface area is 43.4 Å². The molecule has 2 heteroatoms. The SMILES string of the molecule is NC1C=CNCC1. The highest BCUT2D eigenvalue weighted by molar-refractivity contribution is 4.94. The molecule has 0 aromatic rings. The molecule has 0 saturated heterocycles. The van der Waals surface area contributed by atoms with Crippen LogP contribution in [-0.4, -0.2) is 12.6 Å². The smallest absolute Gasteiger partial charge is 0.0257 e. The van der Waals surface area contributed by atoms with Crippen molar-refractivity contribution in [1.82, 2.24) is 5.32 Å². The number of nitrogens with one attached hydrogen (secondary N) is 1. The lowest BCUT2D eigenvalue weighted by Crippen LogP contribution is -2.27. The van der Waals surface area contributed by atoms with Crippen LogP contribution in [0.3, 0.4) is 0 Å². The molecule has 7 heavy (non-hydrogen) atoms. The Hall–Kier alpha value is -0.500. The van der Waals surface area contributed by atoms with Crippen LogP contribution >= 0.6 is 0 Å². The maximum Gasteiger partial charge on any atom is 0.0257 e. The van der Waals surface area contributed by atoms with Crippen LogP contribution < -0.4 is 11.1 Å². The Morgan fingerprint density at radius 3 is 2.86 bits per heavy atom. The fourth-order valence-corrected chi connectivity index (χ4v) is 0.621. The van der Waals surface area contributed by atoms with Crippen LogP contribution in [0.5, 0.6) is 0 Å². The molecular weight excluding hydrogens is 88.1 g/mol. The molecule has 1 unspecified atom stereocenters. The summed E-state index contributed by atoms with van der Waals surface area (Å²) >= 11 is 0. The van der Waals surface area contributed by atoms with Gasteiger partial charge in [-0.3, -0.25) is 0 Å². The molecule has 1 atom stereocenters. The van der Waals surface area contributed by atoms with Crippen molar-refractivity contribution in [3.8, 4) is 0 Å². The van der Waals surface area contributed by atoms with Crippen molar-refractivity contribution < 1.29 is 0 Å². The highest BCUT2D eigenvalue weighted by atomic mass is 14.9. The predicted octanol–water partition coefficient (Wildman–Crippen LogP) is -0.179. The van der Waals surface area contributed by atoms with Crippen molar-refractivity contribution in [3.05, 3.63) is 12.3 Å². The third-order valence-electron chi connectivity index (χ3n) is 1.08. The lowest BCUT2D eigenvalue weighted by Gasteiger charge is -2.10. The first kappa shape index (κ1) is 4.65. The molecular formula is C5H10N2. The highest BCUT2D eigenvalue weighted by Gasteiger charge is 1.98. The van der Waals surface area contributed by atoms with Gasteiger partial charge in [0.25, 0.3) is 0 Å². The molecule has 1 heterocycles. The van der Waals surface area contributed by atoms with Crippen molar-refractivity contribution in [2.75, 3.05) is 6.54 Å². The standard InChI is InChI=1S/C5H10N2/c6-5-1-3-7-4-2-5/h1,3,5,7H,2,4,6H2. The van der Waals surface area contributed by atoms with Crippen LogP contribution in [-0.2, 0) is 0 Å². The number of nitrogens with two attached hydrogens (primary N) is 1. The lowest BCUT2D eigenvalue weighted by atomic mass is 10.2. The second-order valence-electron chi connectivity index (χ2n) is 1.77. The summed E-state index contributed by atoms with van der Waals surface area (Å²) < 4.78 is 0. The van der Waals surface area contributed by atoms with Crippen LogP contribution in [0.2, 0.25) is 0 Å². The van der Waals surface area contributed by atoms with Crippen molar-refractivity contribution in [2.24, 2.45) is 5.73 Å². The Bertz CT molecular complexity index is 78.1. The van der Waals surface area contributed by atoms with E-state index in [-0.39, 0.29) is 0 Å². The second kappa shape index (κ2) is 1.98. The Morgan fingerprint density at radius 2 is 2.57 bits per heavy atom. The molecule has 1 rings (SSSR count). The molecule has 0 spiro atoms. The largest absolute Gasteiger partial charge is 0.391 e. The quantitative estimate of drug-likeness (QED) is 0.441. The van der Waals surface area contributed by atoms with Crippen molar-refractivity contribution in [1.29, 1.82) is 0 Å². The van der Waals surface area contributed by atoms with Gasteiger partial charge in [0.2, 0.25) is 0 Å². The zero-order valence-electron chi connectivity index (χ0n) is 4.22. The van der Waals surface area contributed by atoms with Crippen molar-refractivity contribution in [3.63, 3.8) is 0 Å². The summed E-state index contributed by atoms with van der Waals surface area (Å²) in [6.07, 6.45) is 4.95. The Balaban J connectivity index is 2.36. The molecule has 0 aliphatic carbocycles. The molecule has 0 fully saturated rings. The fourth-order valence-electron chi connectivity index (χ4n) is 0.621. The molecule has 1 aliphatic rings. The van der Waals surface area contributed by atoms with E-state index >= 15 is 0 Å². The summed E-state index contributed by atoms with van der Waals surface area (Å²) in [4.78, 5) is 0. The van der Waals surface area contributed by atoms with Gasteiger partial charge in [-0.1, -0.05) is 6.08 Å². The lowest BCUT2D eigenvalue weighted by molar-refractivity contribution is 0.649. The predicted molar refractivity (Wildman–Crippen MR) is 29.7 cm³/mol. The van der Waals surface area contributed by atoms with Gasteiger partial charge >= 0.3 is 0 Å². The van der Waals surface area contributed by atoms with Crippen LogP contribution in [0.1, 0.15) is 6.42 Å².